The van der Waals surface area contributed by atoms with Gasteiger partial charge in [-0.05, 0) is 51.9 Å². The van der Waals surface area contributed by atoms with Crippen LogP contribution in [0.2, 0.25) is 0 Å². The Labute approximate surface area is 99.2 Å². The van der Waals surface area contributed by atoms with Gasteiger partial charge in [-0.2, -0.15) is 0 Å². The molecule has 1 aliphatic carbocycles. The van der Waals surface area contributed by atoms with Gasteiger partial charge >= 0.3 is 0 Å². The smallest absolute Gasteiger partial charge is 0.155 e. The Hall–Kier alpha value is -0.0900. The fraction of sp³-hybridized carbons (Fsp3) is 1.00. The quantitative estimate of drug-likeness (QED) is 0.832. The monoisotopic (exact) mass is 248 g/mol. The summed E-state index contributed by atoms with van der Waals surface area (Å²) in [5, 5.41) is 9.50. The van der Waals surface area contributed by atoms with Crippen molar-refractivity contribution < 1.29 is 13.5 Å². The zero-order chi connectivity index (χ0) is 12.6. The van der Waals surface area contributed by atoms with Crippen LogP contribution in [0.4, 0.5) is 0 Å². The topological polar surface area (TPSA) is 54.4 Å². The van der Waals surface area contributed by atoms with Crippen molar-refractivity contribution in [3.8, 4) is 0 Å². The van der Waals surface area contributed by atoms with Gasteiger partial charge in [-0.15, -0.1) is 0 Å². The highest BCUT2D eigenvalue weighted by molar-refractivity contribution is 7.92. The maximum absolute atomic E-state index is 12.0. The Bertz CT molecular complexity index is 340. The standard InChI is InChI=1S/C12H24O3S/c1-11(2,3)16(14,15)8-7-12(4)6-5-10(13)9-12/h10,13H,5-9H2,1-4H3. The maximum atomic E-state index is 12.0. The molecule has 0 aromatic carbocycles. The van der Waals surface area contributed by atoms with Gasteiger partial charge in [0.05, 0.1) is 16.6 Å². The van der Waals surface area contributed by atoms with E-state index < -0.39 is 14.6 Å². The summed E-state index contributed by atoms with van der Waals surface area (Å²) in [6.45, 7) is 7.32. The van der Waals surface area contributed by atoms with Crippen LogP contribution in [0.25, 0.3) is 0 Å². The molecule has 4 heteroatoms. The molecule has 2 atom stereocenters. The van der Waals surface area contributed by atoms with Crippen LogP contribution in [0.5, 0.6) is 0 Å². The zero-order valence-electron chi connectivity index (χ0n) is 10.8. The second kappa shape index (κ2) is 4.30. The third-order valence-electron chi connectivity index (χ3n) is 3.72. The van der Waals surface area contributed by atoms with Crippen LogP contribution in [0.3, 0.4) is 0 Å². The summed E-state index contributed by atoms with van der Waals surface area (Å²) in [5.74, 6) is 0.236. The van der Waals surface area contributed by atoms with Crippen molar-refractivity contribution >= 4 is 9.84 Å². The fourth-order valence-electron chi connectivity index (χ4n) is 2.20. The molecule has 1 fully saturated rings. The van der Waals surface area contributed by atoms with Crippen LogP contribution in [0.15, 0.2) is 0 Å². The molecular formula is C12H24O3S. The number of aliphatic hydroxyl groups is 1. The molecule has 0 aromatic rings. The summed E-state index contributed by atoms with van der Waals surface area (Å²) in [4.78, 5) is 0. The van der Waals surface area contributed by atoms with Gasteiger partial charge in [0, 0.05) is 0 Å². The summed E-state index contributed by atoms with van der Waals surface area (Å²) in [6.07, 6.45) is 2.93. The van der Waals surface area contributed by atoms with E-state index in [4.69, 9.17) is 0 Å². The minimum absolute atomic E-state index is 0.0116. The van der Waals surface area contributed by atoms with Crippen molar-refractivity contribution in [3.63, 3.8) is 0 Å². The Balaban J connectivity index is 2.59. The van der Waals surface area contributed by atoms with E-state index in [0.29, 0.717) is 6.42 Å². The Morgan fingerprint density at radius 1 is 1.38 bits per heavy atom. The second-order valence-electron chi connectivity index (χ2n) is 6.39. The highest BCUT2D eigenvalue weighted by atomic mass is 32.2. The minimum Gasteiger partial charge on any atom is -0.393 e. The molecule has 0 aliphatic heterocycles. The predicted octanol–water partition coefficient (Wildman–Crippen LogP) is 2.14. The predicted molar refractivity (Wildman–Crippen MR) is 66.1 cm³/mol. The Morgan fingerprint density at radius 3 is 2.31 bits per heavy atom. The molecule has 0 bridgehead atoms. The third-order valence-corrected chi connectivity index (χ3v) is 6.32. The SMILES string of the molecule is CC1(CCS(=O)(=O)C(C)(C)C)CCC(O)C1. The first-order chi connectivity index (χ1) is 7.06. The first-order valence-corrected chi connectivity index (χ1v) is 7.61. The number of hydrogen-bond acceptors (Lipinski definition) is 3. The highest BCUT2D eigenvalue weighted by Gasteiger charge is 2.37. The largest absolute Gasteiger partial charge is 0.393 e. The van der Waals surface area contributed by atoms with Crippen LogP contribution >= 0.6 is 0 Å². The van der Waals surface area contributed by atoms with Crippen LogP contribution in [0.1, 0.15) is 53.4 Å². The molecule has 16 heavy (non-hydrogen) atoms. The van der Waals surface area contributed by atoms with Crippen molar-refractivity contribution in [2.24, 2.45) is 5.41 Å². The van der Waals surface area contributed by atoms with Gasteiger partial charge < -0.3 is 5.11 Å². The second-order valence-corrected chi connectivity index (χ2v) is 9.25. The summed E-state index contributed by atoms with van der Waals surface area (Å²) in [5.41, 5.74) is 0.0116. The molecule has 0 heterocycles. The van der Waals surface area contributed by atoms with Crippen molar-refractivity contribution in [1.29, 1.82) is 0 Å². The van der Waals surface area contributed by atoms with Crippen molar-refractivity contribution in [1.82, 2.24) is 0 Å². The lowest BCUT2D eigenvalue weighted by molar-refractivity contribution is 0.162. The molecule has 1 rings (SSSR count). The van der Waals surface area contributed by atoms with E-state index in [1.807, 2.05) is 0 Å². The highest BCUT2D eigenvalue weighted by Crippen LogP contribution is 2.41. The van der Waals surface area contributed by atoms with Crippen LogP contribution in [-0.2, 0) is 9.84 Å². The lowest BCUT2D eigenvalue weighted by atomic mass is 9.86. The number of aliphatic hydroxyl groups excluding tert-OH is 1. The lowest BCUT2D eigenvalue weighted by Crippen LogP contribution is -2.32. The van der Waals surface area contributed by atoms with Gasteiger partial charge in [0.25, 0.3) is 0 Å². The van der Waals surface area contributed by atoms with E-state index in [1.54, 1.807) is 20.8 Å². The summed E-state index contributed by atoms with van der Waals surface area (Å²) in [7, 11) is -3.02. The van der Waals surface area contributed by atoms with Gasteiger partial charge in [-0.25, -0.2) is 8.42 Å². The van der Waals surface area contributed by atoms with Crippen molar-refractivity contribution in [3.05, 3.63) is 0 Å². The summed E-state index contributed by atoms with van der Waals surface area (Å²) >= 11 is 0. The first kappa shape index (κ1) is 14.0. The lowest BCUT2D eigenvalue weighted by Gasteiger charge is -2.26. The van der Waals surface area contributed by atoms with E-state index in [-0.39, 0.29) is 17.3 Å². The van der Waals surface area contributed by atoms with E-state index in [9.17, 15) is 13.5 Å². The number of hydrogen-bond donors (Lipinski definition) is 1. The summed E-state index contributed by atoms with van der Waals surface area (Å²) in [6, 6.07) is 0. The molecule has 1 N–H and O–H groups in total. The van der Waals surface area contributed by atoms with Gasteiger partial charge in [0.15, 0.2) is 9.84 Å². The molecule has 3 nitrogen and oxygen atoms in total. The third kappa shape index (κ3) is 3.20. The zero-order valence-corrected chi connectivity index (χ0v) is 11.6. The molecule has 0 spiro atoms. The van der Waals surface area contributed by atoms with Gasteiger partial charge in [0.2, 0.25) is 0 Å². The number of rotatable bonds is 3. The normalized spacial score (nSPS) is 31.9. The molecule has 1 saturated carbocycles. The Kier molecular flexibility index (Phi) is 3.75. The molecule has 96 valence electrons. The van der Waals surface area contributed by atoms with Crippen LogP contribution in [0, 0.1) is 5.41 Å². The minimum atomic E-state index is -3.02. The van der Waals surface area contributed by atoms with E-state index in [0.717, 1.165) is 19.3 Å². The van der Waals surface area contributed by atoms with Gasteiger partial charge in [-0.3, -0.25) is 0 Å². The first-order valence-electron chi connectivity index (χ1n) is 5.96. The Morgan fingerprint density at radius 2 is 1.94 bits per heavy atom. The average Bonchev–Trinajstić information content (AvgIpc) is 2.42. The molecule has 0 amide bonds. The molecular weight excluding hydrogens is 224 g/mol. The average molecular weight is 248 g/mol. The van der Waals surface area contributed by atoms with E-state index in [2.05, 4.69) is 6.92 Å². The van der Waals surface area contributed by atoms with Crippen LogP contribution < -0.4 is 0 Å². The molecule has 1 aliphatic rings. The van der Waals surface area contributed by atoms with Gasteiger partial charge in [0.1, 0.15) is 0 Å². The molecule has 0 aromatic heterocycles. The fourth-order valence-corrected chi connectivity index (χ4v) is 3.58. The van der Waals surface area contributed by atoms with E-state index >= 15 is 0 Å². The number of sulfone groups is 1. The maximum Gasteiger partial charge on any atom is 0.155 e. The molecule has 0 radical (unpaired) electrons. The van der Waals surface area contributed by atoms with E-state index in [1.165, 1.54) is 0 Å². The van der Waals surface area contributed by atoms with Crippen molar-refractivity contribution in [2.45, 2.75) is 64.2 Å². The van der Waals surface area contributed by atoms with Crippen LogP contribution in [-0.4, -0.2) is 30.1 Å². The summed E-state index contributed by atoms with van der Waals surface area (Å²) < 4.78 is 23.3. The molecule has 2 unspecified atom stereocenters. The van der Waals surface area contributed by atoms with Crippen molar-refractivity contribution in [2.75, 3.05) is 5.75 Å². The van der Waals surface area contributed by atoms with Gasteiger partial charge in [-0.1, -0.05) is 6.92 Å². The molecule has 0 saturated heterocycles.